The topological polar surface area (TPSA) is 145 Å². The minimum atomic E-state index is -1.49. The third-order valence-electron chi connectivity index (χ3n) is 10.8. The predicted molar refractivity (Wildman–Crippen MR) is 136 cm³/mol. The maximum Gasteiger partial charge on any atom is 0.302 e. The molecule has 37 heavy (non-hydrogen) atoms. The highest BCUT2D eigenvalue weighted by atomic mass is 16.6. The zero-order valence-electron chi connectivity index (χ0n) is 23.2. The Balaban J connectivity index is 1.66. The van der Waals surface area contributed by atoms with Crippen LogP contribution >= 0.6 is 0 Å². The Morgan fingerprint density at radius 3 is 2.41 bits per heavy atom. The van der Waals surface area contributed by atoms with Crippen LogP contribution in [-0.2, 0) is 14.3 Å². The standard InChI is InChI=1S/C29H46O8/c1-16(30)37-22-15-26(4)17-7-11-27(5)23(28(6,35)24(33)9-10-25(2,3)34)8-12-29(27,36)18(17)13-20(31)19(26)14-21(22)32/h13,17,19,21-24,32-36H,7-12,14-15H2,1-6H3/t17-,19-,21+,22-,23-,24?,26+,27+,28-,29+/m0/s1. The number of ketones is 1. The van der Waals surface area contributed by atoms with Crippen LogP contribution in [0.1, 0.15) is 92.9 Å². The zero-order valence-corrected chi connectivity index (χ0v) is 23.2. The van der Waals surface area contributed by atoms with Crippen molar-refractivity contribution in [2.24, 2.45) is 28.6 Å². The summed E-state index contributed by atoms with van der Waals surface area (Å²) in [6, 6.07) is 0. The van der Waals surface area contributed by atoms with Crippen LogP contribution in [0, 0.1) is 28.6 Å². The summed E-state index contributed by atoms with van der Waals surface area (Å²) in [6.45, 7) is 10.3. The van der Waals surface area contributed by atoms with Crippen LogP contribution in [0.2, 0.25) is 0 Å². The van der Waals surface area contributed by atoms with Gasteiger partial charge in [-0.2, -0.15) is 0 Å². The van der Waals surface area contributed by atoms with Gasteiger partial charge in [-0.15, -0.1) is 0 Å². The van der Waals surface area contributed by atoms with Crippen molar-refractivity contribution in [2.45, 2.75) is 128 Å². The van der Waals surface area contributed by atoms with E-state index in [1.54, 1.807) is 26.8 Å². The molecule has 8 nitrogen and oxygen atoms in total. The van der Waals surface area contributed by atoms with Gasteiger partial charge in [0.1, 0.15) is 6.10 Å². The second kappa shape index (κ2) is 9.12. The summed E-state index contributed by atoms with van der Waals surface area (Å²) < 4.78 is 5.44. The molecule has 4 aliphatic rings. The highest BCUT2D eigenvalue weighted by Crippen LogP contribution is 2.68. The fourth-order valence-electron chi connectivity index (χ4n) is 8.63. The smallest absolute Gasteiger partial charge is 0.302 e. The minimum absolute atomic E-state index is 0.118. The van der Waals surface area contributed by atoms with Crippen molar-refractivity contribution in [3.8, 4) is 0 Å². The molecule has 10 atom stereocenters. The highest BCUT2D eigenvalue weighted by molar-refractivity contribution is 5.95. The van der Waals surface area contributed by atoms with Crippen LogP contribution in [0.5, 0.6) is 0 Å². The molecule has 0 spiro atoms. The van der Waals surface area contributed by atoms with Crippen molar-refractivity contribution in [3.05, 3.63) is 11.6 Å². The average Bonchev–Trinajstić information content (AvgIpc) is 3.05. The van der Waals surface area contributed by atoms with Crippen LogP contribution in [0.3, 0.4) is 0 Å². The number of fused-ring (bicyclic) bond motifs is 5. The Kier molecular flexibility index (Phi) is 7.07. The first-order valence-electron chi connectivity index (χ1n) is 13.8. The molecule has 0 heterocycles. The number of aliphatic hydroxyl groups is 5. The molecule has 0 saturated heterocycles. The Labute approximate surface area is 220 Å². The van der Waals surface area contributed by atoms with Gasteiger partial charge < -0.3 is 30.3 Å². The van der Waals surface area contributed by atoms with Gasteiger partial charge in [0.25, 0.3) is 0 Å². The van der Waals surface area contributed by atoms with Gasteiger partial charge in [-0.3, -0.25) is 9.59 Å². The summed E-state index contributed by atoms with van der Waals surface area (Å²) >= 11 is 0. The monoisotopic (exact) mass is 522 g/mol. The fourth-order valence-corrected chi connectivity index (χ4v) is 8.63. The molecule has 0 aromatic carbocycles. The highest BCUT2D eigenvalue weighted by Gasteiger charge is 2.69. The molecule has 8 heteroatoms. The lowest BCUT2D eigenvalue weighted by molar-refractivity contribution is -0.182. The Hall–Kier alpha value is -1.32. The summed E-state index contributed by atoms with van der Waals surface area (Å²) in [5.74, 6) is -1.54. The summed E-state index contributed by atoms with van der Waals surface area (Å²) in [4.78, 5) is 25.1. The molecule has 3 fully saturated rings. The van der Waals surface area contributed by atoms with Crippen LogP contribution in [0.15, 0.2) is 11.6 Å². The molecule has 0 aromatic heterocycles. The van der Waals surface area contributed by atoms with E-state index in [0.29, 0.717) is 44.1 Å². The number of hydrogen-bond acceptors (Lipinski definition) is 8. The van der Waals surface area contributed by atoms with Gasteiger partial charge in [-0.1, -0.05) is 13.8 Å². The predicted octanol–water partition coefficient (Wildman–Crippen LogP) is 2.42. The van der Waals surface area contributed by atoms with E-state index in [9.17, 15) is 35.1 Å². The van der Waals surface area contributed by atoms with Gasteiger partial charge in [-0.25, -0.2) is 0 Å². The third kappa shape index (κ3) is 4.50. The van der Waals surface area contributed by atoms with Crippen molar-refractivity contribution in [1.82, 2.24) is 0 Å². The van der Waals surface area contributed by atoms with Gasteiger partial charge in [0.2, 0.25) is 0 Å². The van der Waals surface area contributed by atoms with E-state index in [4.69, 9.17) is 4.74 Å². The van der Waals surface area contributed by atoms with E-state index in [1.807, 2.05) is 13.8 Å². The molecule has 5 N–H and O–H groups in total. The lowest BCUT2D eigenvalue weighted by atomic mass is 9.45. The van der Waals surface area contributed by atoms with Gasteiger partial charge in [0.15, 0.2) is 5.78 Å². The van der Waals surface area contributed by atoms with Gasteiger partial charge >= 0.3 is 5.97 Å². The van der Waals surface area contributed by atoms with Crippen molar-refractivity contribution in [2.75, 3.05) is 0 Å². The van der Waals surface area contributed by atoms with E-state index >= 15 is 0 Å². The minimum Gasteiger partial charge on any atom is -0.460 e. The molecular formula is C29H46O8. The van der Waals surface area contributed by atoms with Crippen LogP contribution in [-0.4, -0.2) is 72.4 Å². The number of carbonyl (C=O) groups is 2. The first-order valence-corrected chi connectivity index (χ1v) is 13.8. The van der Waals surface area contributed by atoms with Crippen LogP contribution in [0.4, 0.5) is 0 Å². The molecule has 0 bridgehead atoms. The lowest BCUT2D eigenvalue weighted by Gasteiger charge is -2.60. The molecule has 0 radical (unpaired) electrons. The Morgan fingerprint density at radius 1 is 1.16 bits per heavy atom. The van der Waals surface area contributed by atoms with Crippen molar-refractivity contribution in [3.63, 3.8) is 0 Å². The van der Waals surface area contributed by atoms with Gasteiger partial charge in [0, 0.05) is 18.3 Å². The number of ether oxygens (including phenoxy) is 1. The molecule has 4 rings (SSSR count). The van der Waals surface area contributed by atoms with Gasteiger partial charge in [-0.05, 0) is 101 Å². The van der Waals surface area contributed by atoms with E-state index in [0.717, 1.165) is 0 Å². The van der Waals surface area contributed by atoms with E-state index < -0.39 is 63.8 Å². The van der Waals surface area contributed by atoms with Gasteiger partial charge in [0.05, 0.1) is 29.0 Å². The first-order chi connectivity index (χ1) is 16.9. The normalized spacial score (nSPS) is 44.1. The maximum absolute atomic E-state index is 13.4. The number of aliphatic hydroxyl groups excluding tert-OH is 2. The lowest BCUT2D eigenvalue weighted by Crippen LogP contribution is -2.63. The number of rotatable bonds is 6. The zero-order chi connectivity index (χ0) is 27.8. The molecule has 0 amide bonds. The SMILES string of the molecule is CC(=O)O[C@H]1C[C@@]2(C)[C@@H](C[C@H]1O)C(=O)C=C1[C@@H]2CC[C@]2(C)[C@@H]([C@](C)(O)C(O)CCC(C)(C)O)CC[C@@]12O. The average molecular weight is 523 g/mol. The summed E-state index contributed by atoms with van der Waals surface area (Å²) in [7, 11) is 0. The van der Waals surface area contributed by atoms with E-state index in [1.165, 1.54) is 6.92 Å². The summed E-state index contributed by atoms with van der Waals surface area (Å²) in [5.41, 5.74) is -4.43. The second-order valence-electron chi connectivity index (χ2n) is 13.8. The second-order valence-corrected chi connectivity index (χ2v) is 13.8. The van der Waals surface area contributed by atoms with Crippen LogP contribution in [0.25, 0.3) is 0 Å². The summed E-state index contributed by atoms with van der Waals surface area (Å²) in [6.07, 6.45) is 2.17. The van der Waals surface area contributed by atoms with E-state index in [2.05, 4.69) is 0 Å². The van der Waals surface area contributed by atoms with Crippen LogP contribution < -0.4 is 0 Å². The fraction of sp³-hybridized carbons (Fsp3) is 0.862. The third-order valence-corrected chi connectivity index (χ3v) is 10.8. The number of allylic oxidation sites excluding steroid dienone is 1. The van der Waals surface area contributed by atoms with Crippen molar-refractivity contribution < 1.29 is 39.9 Å². The number of esters is 1. The quantitative estimate of drug-likeness (QED) is 0.335. The summed E-state index contributed by atoms with van der Waals surface area (Å²) in [5, 5.41) is 55.7. The molecule has 4 aliphatic carbocycles. The molecule has 1 unspecified atom stereocenters. The maximum atomic E-state index is 13.4. The molecule has 3 saturated carbocycles. The molecule has 0 aromatic rings. The van der Waals surface area contributed by atoms with Crippen molar-refractivity contribution >= 4 is 11.8 Å². The molecule has 0 aliphatic heterocycles. The van der Waals surface area contributed by atoms with E-state index in [-0.39, 0.29) is 24.5 Å². The molecular weight excluding hydrogens is 476 g/mol. The largest absolute Gasteiger partial charge is 0.460 e. The number of carbonyl (C=O) groups excluding carboxylic acids is 2. The molecule has 210 valence electrons. The Morgan fingerprint density at radius 2 is 1.81 bits per heavy atom. The Bertz CT molecular complexity index is 965. The van der Waals surface area contributed by atoms with Crippen molar-refractivity contribution in [1.29, 1.82) is 0 Å². The first kappa shape index (κ1) is 28.7. The number of hydrogen-bond donors (Lipinski definition) is 5.